The van der Waals surface area contributed by atoms with Crippen molar-refractivity contribution in [2.45, 2.75) is 37.0 Å². The first-order valence-corrected chi connectivity index (χ1v) is 11.6. The first kappa shape index (κ1) is 20.4. The van der Waals surface area contributed by atoms with E-state index in [0.717, 1.165) is 18.4 Å². The number of nitrogens with zero attached hydrogens (tertiary/aromatic N) is 1. The Labute approximate surface area is 175 Å². The van der Waals surface area contributed by atoms with Crippen LogP contribution in [0.4, 0.5) is 11.4 Å². The number of carbonyl (C=O) groups excluding carboxylic acids is 1. The van der Waals surface area contributed by atoms with Crippen molar-refractivity contribution in [2.24, 2.45) is 11.8 Å². The smallest absolute Gasteiger partial charge is 0.307 e. The summed E-state index contributed by atoms with van der Waals surface area (Å²) in [5.74, 6) is -2.51. The lowest BCUT2D eigenvalue weighted by atomic mass is 9.78. The van der Waals surface area contributed by atoms with Crippen molar-refractivity contribution in [3.05, 3.63) is 54.1 Å². The zero-order valence-corrected chi connectivity index (χ0v) is 17.3. The van der Waals surface area contributed by atoms with Gasteiger partial charge in [0.25, 0.3) is 10.0 Å². The lowest BCUT2D eigenvalue weighted by Gasteiger charge is -2.27. The van der Waals surface area contributed by atoms with Crippen molar-refractivity contribution >= 4 is 33.3 Å². The maximum Gasteiger partial charge on any atom is 0.307 e. The number of carboxylic acids is 1. The SMILES string of the molecule is O=C(Nc1ccc(S(=O)(=O)N2CCc3ccccc32)cc1)[C@H]1CCCC[C@H]1C(=O)O. The Morgan fingerprint density at radius 3 is 2.33 bits per heavy atom. The average Bonchev–Trinajstić information content (AvgIpc) is 3.19. The lowest BCUT2D eigenvalue weighted by Crippen LogP contribution is -2.36. The van der Waals surface area contributed by atoms with Crippen LogP contribution >= 0.6 is 0 Å². The van der Waals surface area contributed by atoms with E-state index in [1.807, 2.05) is 18.2 Å². The molecule has 8 heteroatoms. The Bertz CT molecular complexity index is 1070. The van der Waals surface area contributed by atoms with E-state index in [4.69, 9.17) is 0 Å². The Hall–Kier alpha value is -2.87. The van der Waals surface area contributed by atoms with E-state index >= 15 is 0 Å². The van der Waals surface area contributed by atoms with Crippen molar-refractivity contribution in [1.29, 1.82) is 0 Å². The molecule has 0 saturated heterocycles. The minimum Gasteiger partial charge on any atom is -0.481 e. The zero-order chi connectivity index (χ0) is 21.3. The van der Waals surface area contributed by atoms with Crippen LogP contribution in [0.15, 0.2) is 53.4 Å². The number of fused-ring (bicyclic) bond motifs is 1. The molecule has 2 atom stereocenters. The summed E-state index contributed by atoms with van der Waals surface area (Å²) < 4.78 is 27.6. The molecule has 1 amide bonds. The van der Waals surface area contributed by atoms with E-state index in [0.29, 0.717) is 37.2 Å². The number of nitrogens with one attached hydrogen (secondary N) is 1. The minimum atomic E-state index is -3.69. The summed E-state index contributed by atoms with van der Waals surface area (Å²) in [5.41, 5.74) is 2.16. The Balaban J connectivity index is 1.49. The number of amides is 1. The Kier molecular flexibility index (Phi) is 5.51. The molecule has 158 valence electrons. The fraction of sp³-hybridized carbons (Fsp3) is 0.364. The summed E-state index contributed by atoms with van der Waals surface area (Å²) in [7, 11) is -3.69. The number of aliphatic carboxylic acids is 1. The van der Waals surface area contributed by atoms with Gasteiger partial charge in [0, 0.05) is 12.2 Å². The van der Waals surface area contributed by atoms with Crippen LogP contribution in [0.25, 0.3) is 0 Å². The van der Waals surface area contributed by atoms with E-state index in [9.17, 15) is 23.1 Å². The van der Waals surface area contributed by atoms with E-state index in [1.54, 1.807) is 18.2 Å². The maximum absolute atomic E-state index is 13.1. The van der Waals surface area contributed by atoms with Crippen molar-refractivity contribution in [3.8, 4) is 0 Å². The third-order valence-electron chi connectivity index (χ3n) is 5.97. The van der Waals surface area contributed by atoms with Crippen LogP contribution in [-0.4, -0.2) is 31.9 Å². The van der Waals surface area contributed by atoms with Crippen LogP contribution in [0.1, 0.15) is 31.2 Å². The summed E-state index contributed by atoms with van der Waals surface area (Å²) in [6.45, 7) is 0.401. The molecule has 2 N–H and O–H groups in total. The lowest BCUT2D eigenvalue weighted by molar-refractivity contribution is -0.147. The number of rotatable bonds is 5. The molecule has 1 aliphatic heterocycles. The largest absolute Gasteiger partial charge is 0.481 e. The van der Waals surface area contributed by atoms with Gasteiger partial charge in [0.1, 0.15) is 0 Å². The number of hydrogen-bond acceptors (Lipinski definition) is 4. The first-order valence-electron chi connectivity index (χ1n) is 10.1. The molecule has 4 rings (SSSR count). The predicted molar refractivity (Wildman–Crippen MR) is 113 cm³/mol. The highest BCUT2D eigenvalue weighted by Crippen LogP contribution is 2.34. The summed E-state index contributed by atoms with van der Waals surface area (Å²) in [6.07, 6.45) is 3.37. The molecule has 2 aromatic carbocycles. The van der Waals surface area contributed by atoms with Crippen molar-refractivity contribution in [1.82, 2.24) is 0 Å². The second kappa shape index (κ2) is 8.10. The number of para-hydroxylation sites is 1. The second-order valence-electron chi connectivity index (χ2n) is 7.81. The maximum atomic E-state index is 13.1. The van der Waals surface area contributed by atoms with Gasteiger partial charge in [-0.1, -0.05) is 31.0 Å². The molecule has 30 heavy (non-hydrogen) atoms. The monoisotopic (exact) mass is 428 g/mol. The topological polar surface area (TPSA) is 104 Å². The molecule has 0 aromatic heterocycles. The van der Waals surface area contributed by atoms with Crippen molar-refractivity contribution < 1.29 is 23.1 Å². The number of sulfonamides is 1. The molecular weight excluding hydrogens is 404 g/mol. The number of carbonyl (C=O) groups is 2. The molecule has 1 fully saturated rings. The molecule has 1 aliphatic carbocycles. The van der Waals surface area contributed by atoms with E-state index in [-0.39, 0.29) is 10.8 Å². The minimum absolute atomic E-state index is 0.151. The number of carboxylic acid groups (broad SMARTS) is 1. The molecule has 1 heterocycles. The first-order chi connectivity index (χ1) is 14.4. The third-order valence-corrected chi connectivity index (χ3v) is 7.80. The Morgan fingerprint density at radius 1 is 0.967 bits per heavy atom. The predicted octanol–water partition coefficient (Wildman–Crippen LogP) is 3.27. The molecule has 0 unspecified atom stereocenters. The van der Waals surface area contributed by atoms with Gasteiger partial charge in [0.2, 0.25) is 5.91 Å². The molecule has 2 aliphatic rings. The van der Waals surface area contributed by atoms with Crippen molar-refractivity contribution in [2.75, 3.05) is 16.2 Å². The van der Waals surface area contributed by atoms with Crippen molar-refractivity contribution in [3.63, 3.8) is 0 Å². The summed E-state index contributed by atoms with van der Waals surface area (Å²) in [6, 6.07) is 13.5. The van der Waals surface area contributed by atoms with Crippen LogP contribution in [-0.2, 0) is 26.0 Å². The van der Waals surface area contributed by atoms with Crippen LogP contribution < -0.4 is 9.62 Å². The van der Waals surface area contributed by atoms with Gasteiger partial charge in [-0.05, 0) is 55.2 Å². The summed E-state index contributed by atoms with van der Waals surface area (Å²) in [5, 5.41) is 12.1. The third kappa shape index (κ3) is 3.79. The standard InChI is InChI=1S/C22H24N2O5S/c25-21(18-6-2-3-7-19(18)22(26)27)23-16-9-11-17(12-10-16)30(28,29)24-14-13-15-5-1-4-8-20(15)24/h1,4-5,8-12,18-19H,2-3,6-7,13-14H2,(H,23,25)(H,26,27)/t18-,19+/m0/s1. The van der Waals surface area contributed by atoms with Crippen LogP contribution in [0.5, 0.6) is 0 Å². The van der Waals surface area contributed by atoms with E-state index in [2.05, 4.69) is 5.32 Å². The van der Waals surface area contributed by atoms with E-state index < -0.39 is 27.8 Å². The van der Waals surface area contributed by atoms with Crippen LogP contribution in [0.3, 0.4) is 0 Å². The van der Waals surface area contributed by atoms with Gasteiger partial charge in [-0.2, -0.15) is 0 Å². The number of hydrogen-bond donors (Lipinski definition) is 2. The zero-order valence-electron chi connectivity index (χ0n) is 16.5. The van der Waals surface area contributed by atoms with Gasteiger partial charge in [-0.3, -0.25) is 13.9 Å². The average molecular weight is 429 g/mol. The van der Waals surface area contributed by atoms with Gasteiger partial charge in [-0.25, -0.2) is 8.42 Å². The van der Waals surface area contributed by atoms with Gasteiger partial charge in [-0.15, -0.1) is 0 Å². The summed E-state index contributed by atoms with van der Waals surface area (Å²) >= 11 is 0. The van der Waals surface area contributed by atoms with Gasteiger partial charge < -0.3 is 10.4 Å². The fourth-order valence-electron chi connectivity index (χ4n) is 4.37. The highest BCUT2D eigenvalue weighted by Gasteiger charge is 2.36. The normalized spacial score (nSPS) is 21.1. The second-order valence-corrected chi connectivity index (χ2v) is 9.67. The van der Waals surface area contributed by atoms with Gasteiger partial charge >= 0.3 is 5.97 Å². The van der Waals surface area contributed by atoms with Crippen LogP contribution in [0.2, 0.25) is 0 Å². The molecule has 0 spiro atoms. The molecule has 1 saturated carbocycles. The number of anilines is 2. The highest BCUT2D eigenvalue weighted by atomic mass is 32.2. The van der Waals surface area contributed by atoms with Gasteiger partial charge in [0.05, 0.1) is 22.4 Å². The highest BCUT2D eigenvalue weighted by molar-refractivity contribution is 7.92. The van der Waals surface area contributed by atoms with E-state index in [1.165, 1.54) is 16.4 Å². The number of benzene rings is 2. The fourth-order valence-corrected chi connectivity index (χ4v) is 5.87. The molecule has 0 radical (unpaired) electrons. The summed E-state index contributed by atoms with van der Waals surface area (Å²) in [4.78, 5) is 24.2. The quantitative estimate of drug-likeness (QED) is 0.761. The van der Waals surface area contributed by atoms with Crippen LogP contribution in [0, 0.1) is 11.8 Å². The molecular formula is C22H24N2O5S. The molecule has 2 aromatic rings. The van der Waals surface area contributed by atoms with Gasteiger partial charge in [0.15, 0.2) is 0 Å². The molecule has 7 nitrogen and oxygen atoms in total. The molecule has 0 bridgehead atoms. The Morgan fingerprint density at radius 2 is 1.63 bits per heavy atom.